The van der Waals surface area contributed by atoms with E-state index in [0.29, 0.717) is 10.9 Å². The molecule has 4 rings (SSSR count). The predicted octanol–water partition coefficient (Wildman–Crippen LogP) is 3.19. The minimum atomic E-state index is -0.336. The Morgan fingerprint density at radius 2 is 2.38 bits per heavy atom. The number of aryl methyl sites for hydroxylation is 1. The van der Waals surface area contributed by atoms with Crippen molar-refractivity contribution in [1.82, 2.24) is 14.9 Å². The van der Waals surface area contributed by atoms with Gasteiger partial charge in [0.2, 0.25) is 0 Å². The summed E-state index contributed by atoms with van der Waals surface area (Å²) in [4.78, 5) is 21.2. The molecular weight excluding hydrogens is 454 g/mol. The van der Waals surface area contributed by atoms with Crippen LogP contribution in [0.2, 0.25) is 0 Å². The number of rotatable bonds is 5. The number of carbonyl (C=O) groups is 1. The van der Waals surface area contributed by atoms with Crippen LogP contribution in [0.3, 0.4) is 0 Å². The molecule has 2 aliphatic heterocycles. The lowest BCUT2D eigenvalue weighted by atomic mass is 9.82. The van der Waals surface area contributed by atoms with Gasteiger partial charge in [-0.15, -0.1) is 0 Å². The van der Waals surface area contributed by atoms with Crippen LogP contribution in [0.25, 0.3) is 0 Å². The number of fused-ring (bicyclic) bond motifs is 2. The Bertz CT molecular complexity index is 962. The average Bonchev–Trinajstić information content (AvgIpc) is 3.27. The Labute approximate surface area is 182 Å². The SMILES string of the molecule is CC(CC[C@H]1CC2(CSC(N)=N2)c2cc(Br)ccc2O1)NC(=O)c1cn(C)cn1. The maximum atomic E-state index is 12.3. The lowest BCUT2D eigenvalue weighted by Crippen LogP contribution is -2.39. The molecule has 2 unspecified atom stereocenters. The summed E-state index contributed by atoms with van der Waals surface area (Å²) in [6, 6.07) is 6.08. The zero-order chi connectivity index (χ0) is 20.6. The summed E-state index contributed by atoms with van der Waals surface area (Å²) in [6.45, 7) is 2.01. The molecule has 0 aliphatic carbocycles. The van der Waals surface area contributed by atoms with Gasteiger partial charge in [0.15, 0.2) is 5.17 Å². The van der Waals surface area contributed by atoms with E-state index in [9.17, 15) is 4.79 Å². The van der Waals surface area contributed by atoms with E-state index in [4.69, 9.17) is 15.5 Å². The molecule has 1 amide bonds. The number of nitrogens with two attached hydrogens (primary N) is 1. The van der Waals surface area contributed by atoms with Gasteiger partial charge in [-0.3, -0.25) is 9.79 Å². The Morgan fingerprint density at radius 3 is 3.07 bits per heavy atom. The van der Waals surface area contributed by atoms with Crippen LogP contribution in [-0.4, -0.2) is 38.5 Å². The molecule has 2 aromatic rings. The van der Waals surface area contributed by atoms with Gasteiger partial charge in [-0.05, 0) is 38.0 Å². The standard InChI is InChI=1S/C20H24BrN5O2S/c1-12(24-18(27)16-9-26(2)11-23-16)3-5-14-8-20(10-29-19(22)25-20)15-7-13(21)4-6-17(15)28-14/h4,6-7,9,11-12,14H,3,5,8,10H2,1-2H3,(H2,22,25)(H,24,27)/t12?,14-,20?/m0/s1. The fourth-order valence-electron chi connectivity index (χ4n) is 3.88. The first-order chi connectivity index (χ1) is 13.8. The number of hydrogen-bond donors (Lipinski definition) is 2. The third kappa shape index (κ3) is 4.30. The summed E-state index contributed by atoms with van der Waals surface area (Å²) in [5, 5.41) is 3.65. The van der Waals surface area contributed by atoms with E-state index in [2.05, 4.69) is 32.3 Å². The summed E-state index contributed by atoms with van der Waals surface area (Å²) in [5.41, 5.74) is 7.20. The van der Waals surface area contributed by atoms with Crippen molar-refractivity contribution in [3.8, 4) is 5.75 Å². The number of hydrogen-bond acceptors (Lipinski definition) is 6. The maximum Gasteiger partial charge on any atom is 0.271 e. The Morgan fingerprint density at radius 1 is 1.55 bits per heavy atom. The Kier molecular flexibility index (Phi) is 5.61. The number of carbonyl (C=O) groups excluding carboxylic acids is 1. The Balaban J connectivity index is 1.42. The normalized spacial score (nSPS) is 24.0. The summed E-state index contributed by atoms with van der Waals surface area (Å²) in [5.74, 6) is 1.54. The second-order valence-corrected chi connectivity index (χ2v) is 9.64. The molecule has 3 atom stereocenters. The monoisotopic (exact) mass is 477 g/mol. The number of aromatic nitrogens is 2. The minimum absolute atomic E-state index is 0.0156. The Hall–Kier alpha value is -2.00. The number of amides is 1. The lowest BCUT2D eigenvalue weighted by molar-refractivity contribution is 0.0917. The van der Waals surface area contributed by atoms with Gasteiger partial charge in [-0.25, -0.2) is 4.98 Å². The zero-order valence-electron chi connectivity index (χ0n) is 16.4. The molecule has 3 heterocycles. The van der Waals surface area contributed by atoms with Gasteiger partial charge in [0.05, 0.1) is 6.33 Å². The highest BCUT2D eigenvalue weighted by atomic mass is 79.9. The van der Waals surface area contributed by atoms with Crippen molar-refractivity contribution in [3.05, 3.63) is 46.5 Å². The maximum absolute atomic E-state index is 12.3. The molecule has 0 saturated heterocycles. The fourth-order valence-corrected chi connectivity index (χ4v) is 5.21. The molecule has 1 aromatic carbocycles. The van der Waals surface area contributed by atoms with Gasteiger partial charge >= 0.3 is 0 Å². The van der Waals surface area contributed by atoms with Gasteiger partial charge in [0, 0.05) is 41.5 Å². The van der Waals surface area contributed by atoms with Crippen molar-refractivity contribution in [3.63, 3.8) is 0 Å². The number of halogens is 1. The molecule has 0 saturated carbocycles. The second-order valence-electron chi connectivity index (χ2n) is 7.73. The van der Waals surface area contributed by atoms with Crippen molar-refractivity contribution < 1.29 is 9.53 Å². The van der Waals surface area contributed by atoms with Crippen LogP contribution in [0.4, 0.5) is 0 Å². The van der Waals surface area contributed by atoms with E-state index in [0.717, 1.165) is 40.8 Å². The predicted molar refractivity (Wildman–Crippen MR) is 118 cm³/mol. The molecule has 9 heteroatoms. The van der Waals surface area contributed by atoms with Crippen molar-refractivity contribution >= 4 is 38.8 Å². The topological polar surface area (TPSA) is 94.5 Å². The van der Waals surface area contributed by atoms with Crippen LogP contribution < -0.4 is 15.8 Å². The molecule has 0 fully saturated rings. The van der Waals surface area contributed by atoms with Gasteiger partial charge in [0.1, 0.15) is 23.1 Å². The molecule has 0 radical (unpaired) electrons. The molecule has 7 nitrogen and oxygen atoms in total. The van der Waals surface area contributed by atoms with E-state index in [1.807, 2.05) is 26.1 Å². The number of benzene rings is 1. The second kappa shape index (κ2) is 8.02. The first-order valence-corrected chi connectivity index (χ1v) is 11.4. The molecule has 1 aromatic heterocycles. The van der Waals surface area contributed by atoms with Crippen LogP contribution in [0.1, 0.15) is 42.2 Å². The largest absolute Gasteiger partial charge is 0.490 e. The molecule has 1 spiro atoms. The van der Waals surface area contributed by atoms with E-state index in [-0.39, 0.29) is 23.6 Å². The molecule has 29 heavy (non-hydrogen) atoms. The first-order valence-electron chi connectivity index (χ1n) is 9.58. The highest BCUT2D eigenvalue weighted by Gasteiger charge is 2.45. The average molecular weight is 478 g/mol. The van der Waals surface area contributed by atoms with Gasteiger partial charge < -0.3 is 20.4 Å². The van der Waals surface area contributed by atoms with Crippen LogP contribution in [0.15, 0.2) is 40.2 Å². The van der Waals surface area contributed by atoms with Crippen molar-refractivity contribution in [2.24, 2.45) is 17.8 Å². The quantitative estimate of drug-likeness (QED) is 0.689. The smallest absolute Gasteiger partial charge is 0.271 e. The molecule has 3 N–H and O–H groups in total. The number of amidine groups is 1. The van der Waals surface area contributed by atoms with Crippen molar-refractivity contribution in [2.75, 3.05) is 5.75 Å². The third-order valence-electron chi connectivity index (χ3n) is 5.32. The lowest BCUT2D eigenvalue weighted by Gasteiger charge is -2.38. The number of imidazole rings is 1. The number of aliphatic imine (C=N–C) groups is 1. The number of thioether (sulfide) groups is 1. The van der Waals surface area contributed by atoms with Crippen LogP contribution in [0, 0.1) is 0 Å². The summed E-state index contributed by atoms with van der Waals surface area (Å²) in [7, 11) is 1.84. The van der Waals surface area contributed by atoms with Crippen molar-refractivity contribution in [1.29, 1.82) is 0 Å². The number of nitrogens with one attached hydrogen (secondary N) is 1. The van der Waals surface area contributed by atoms with Crippen molar-refractivity contribution in [2.45, 2.75) is 43.9 Å². The highest BCUT2D eigenvalue weighted by Crippen LogP contribution is 2.48. The third-order valence-corrected chi connectivity index (χ3v) is 6.82. The van der Waals surface area contributed by atoms with E-state index in [1.54, 1.807) is 28.9 Å². The zero-order valence-corrected chi connectivity index (χ0v) is 18.8. The van der Waals surface area contributed by atoms with Crippen LogP contribution in [-0.2, 0) is 12.6 Å². The van der Waals surface area contributed by atoms with Crippen LogP contribution in [0.5, 0.6) is 5.75 Å². The fraction of sp³-hybridized carbons (Fsp3) is 0.450. The highest BCUT2D eigenvalue weighted by molar-refractivity contribution is 9.10. The summed E-state index contributed by atoms with van der Waals surface area (Å²) < 4.78 is 9.05. The number of ether oxygens (including phenoxy) is 1. The molecule has 0 bridgehead atoms. The number of nitrogens with zero attached hydrogens (tertiary/aromatic N) is 3. The minimum Gasteiger partial charge on any atom is -0.490 e. The van der Waals surface area contributed by atoms with Gasteiger partial charge in [0.25, 0.3) is 5.91 Å². The molecule has 2 aliphatic rings. The first kappa shape index (κ1) is 20.3. The molecule has 154 valence electrons. The van der Waals surface area contributed by atoms with E-state index < -0.39 is 0 Å². The summed E-state index contributed by atoms with van der Waals surface area (Å²) in [6.07, 6.45) is 5.76. The van der Waals surface area contributed by atoms with Gasteiger partial charge in [-0.1, -0.05) is 27.7 Å². The van der Waals surface area contributed by atoms with Gasteiger partial charge in [-0.2, -0.15) is 0 Å². The van der Waals surface area contributed by atoms with E-state index >= 15 is 0 Å². The summed E-state index contributed by atoms with van der Waals surface area (Å²) >= 11 is 5.15. The molecular formula is C20H24BrN5O2S. The van der Waals surface area contributed by atoms with Crippen LogP contribution >= 0.6 is 27.7 Å². The van der Waals surface area contributed by atoms with E-state index in [1.165, 1.54) is 0 Å².